The number of esters is 2. The number of aliphatic hydroxyl groups is 1. The number of ether oxygens (including phenoxy) is 2. The van der Waals surface area contributed by atoms with Crippen LogP contribution in [-0.2, 0) is 19.1 Å². The molecule has 0 aliphatic heterocycles. The van der Waals surface area contributed by atoms with Crippen molar-refractivity contribution in [2.45, 2.75) is 162 Å². The van der Waals surface area contributed by atoms with Gasteiger partial charge in [-0.2, -0.15) is 0 Å². The van der Waals surface area contributed by atoms with Crippen LogP contribution in [0.5, 0.6) is 0 Å². The van der Waals surface area contributed by atoms with Crippen LogP contribution in [0.15, 0.2) is 0 Å². The molecule has 1 N–H and O–H groups in total. The maximum Gasteiger partial charge on any atom is 0.305 e. The third-order valence-corrected chi connectivity index (χ3v) is 6.52. The minimum Gasteiger partial charge on any atom is -0.463 e. The van der Waals surface area contributed by atoms with Crippen molar-refractivity contribution in [2.24, 2.45) is 5.92 Å². The summed E-state index contributed by atoms with van der Waals surface area (Å²) in [5.74, 6) is 0.245. The topological polar surface area (TPSA) is 72.8 Å². The summed E-state index contributed by atoms with van der Waals surface area (Å²) >= 11 is 0. The summed E-state index contributed by atoms with van der Waals surface area (Å²) in [7, 11) is 0. The maximum atomic E-state index is 11.8. The molecular weight excluding hydrogens is 440 g/mol. The van der Waals surface area contributed by atoms with Gasteiger partial charge < -0.3 is 14.6 Å². The van der Waals surface area contributed by atoms with Crippen LogP contribution >= 0.6 is 0 Å². The van der Waals surface area contributed by atoms with Gasteiger partial charge in [-0.05, 0) is 18.8 Å². The number of carbonyl (C=O) groups is 2. The number of hydrogen-bond acceptors (Lipinski definition) is 5. The van der Waals surface area contributed by atoms with E-state index >= 15 is 0 Å². The van der Waals surface area contributed by atoms with Crippen molar-refractivity contribution in [2.75, 3.05) is 13.2 Å². The average Bonchev–Trinajstić information content (AvgIpc) is 2.83. The third kappa shape index (κ3) is 27.3. The Morgan fingerprint density at radius 1 is 0.571 bits per heavy atom. The molecule has 0 aromatic heterocycles. The van der Waals surface area contributed by atoms with Crippen molar-refractivity contribution in [3.05, 3.63) is 0 Å². The van der Waals surface area contributed by atoms with Crippen molar-refractivity contribution >= 4 is 11.9 Å². The molecule has 0 rings (SSSR count). The monoisotopic (exact) mass is 498 g/mol. The van der Waals surface area contributed by atoms with Crippen molar-refractivity contribution < 1.29 is 24.2 Å². The lowest BCUT2D eigenvalue weighted by molar-refractivity contribution is -0.152. The number of carbonyl (C=O) groups excluding carboxylic acids is 2. The summed E-state index contributed by atoms with van der Waals surface area (Å²) in [6.45, 7) is 6.57. The fraction of sp³-hybridized carbons (Fsp3) is 0.933. The number of unbranched alkanes of at least 4 members (excludes halogenated alkanes) is 16. The molecule has 208 valence electrons. The van der Waals surface area contributed by atoms with Gasteiger partial charge >= 0.3 is 11.9 Å². The lowest BCUT2D eigenvalue weighted by Gasteiger charge is -2.12. The second-order valence-electron chi connectivity index (χ2n) is 10.7. The molecule has 0 bridgehead atoms. The first-order chi connectivity index (χ1) is 17.0. The summed E-state index contributed by atoms with van der Waals surface area (Å²) in [5.41, 5.74) is 0. The van der Waals surface area contributed by atoms with E-state index in [0.717, 1.165) is 44.4 Å². The first-order valence-corrected chi connectivity index (χ1v) is 14.9. The van der Waals surface area contributed by atoms with E-state index in [2.05, 4.69) is 20.8 Å². The van der Waals surface area contributed by atoms with E-state index in [1.807, 2.05) is 0 Å². The van der Waals surface area contributed by atoms with E-state index in [0.29, 0.717) is 12.8 Å². The highest BCUT2D eigenvalue weighted by molar-refractivity contribution is 5.69. The van der Waals surface area contributed by atoms with E-state index in [9.17, 15) is 14.7 Å². The van der Waals surface area contributed by atoms with Gasteiger partial charge in [-0.15, -0.1) is 0 Å². The Balaban J connectivity index is 3.44. The van der Waals surface area contributed by atoms with Gasteiger partial charge in [0, 0.05) is 12.8 Å². The van der Waals surface area contributed by atoms with Gasteiger partial charge in [0.15, 0.2) is 0 Å². The minimum absolute atomic E-state index is 0.110. The highest BCUT2D eigenvalue weighted by Crippen LogP contribution is 2.14. The summed E-state index contributed by atoms with van der Waals surface area (Å²) in [6.07, 6.45) is 22.9. The predicted octanol–water partition coefficient (Wildman–Crippen LogP) is 8.30. The summed E-state index contributed by atoms with van der Waals surface area (Å²) < 4.78 is 10.2. The number of rotatable bonds is 26. The van der Waals surface area contributed by atoms with Crippen LogP contribution in [0.25, 0.3) is 0 Å². The molecule has 0 saturated heterocycles. The summed E-state index contributed by atoms with van der Waals surface area (Å²) in [6, 6.07) is 0. The summed E-state index contributed by atoms with van der Waals surface area (Å²) in [5, 5.41) is 9.90. The molecule has 0 unspecified atom stereocenters. The lowest BCUT2D eigenvalue weighted by Crippen LogP contribution is -2.25. The van der Waals surface area contributed by atoms with Crippen LogP contribution in [0, 0.1) is 5.92 Å². The zero-order valence-electron chi connectivity index (χ0n) is 23.5. The van der Waals surface area contributed by atoms with Gasteiger partial charge in [-0.3, -0.25) is 9.59 Å². The molecule has 0 aliphatic carbocycles. The van der Waals surface area contributed by atoms with Crippen molar-refractivity contribution in [1.82, 2.24) is 0 Å². The van der Waals surface area contributed by atoms with Crippen LogP contribution in [-0.4, -0.2) is 36.4 Å². The SMILES string of the molecule is CCCCCCCCCCCCC(=O)OC[C@@H](O)COC(=O)CCCCCCCCCCC(C)C. The molecule has 0 aliphatic rings. The highest BCUT2D eigenvalue weighted by Gasteiger charge is 2.12. The van der Waals surface area contributed by atoms with E-state index < -0.39 is 6.10 Å². The van der Waals surface area contributed by atoms with Crippen molar-refractivity contribution in [1.29, 1.82) is 0 Å². The Bertz CT molecular complexity index is 477. The number of hydrogen-bond donors (Lipinski definition) is 1. The van der Waals surface area contributed by atoms with Gasteiger partial charge in [0.1, 0.15) is 19.3 Å². The first-order valence-electron chi connectivity index (χ1n) is 14.9. The van der Waals surface area contributed by atoms with E-state index in [-0.39, 0.29) is 25.2 Å². The summed E-state index contributed by atoms with van der Waals surface area (Å²) in [4.78, 5) is 23.6. The fourth-order valence-electron chi connectivity index (χ4n) is 4.21. The molecule has 0 fully saturated rings. The van der Waals surface area contributed by atoms with Crippen LogP contribution in [0.4, 0.5) is 0 Å². The molecule has 0 saturated carbocycles. The van der Waals surface area contributed by atoms with Crippen LogP contribution < -0.4 is 0 Å². The van der Waals surface area contributed by atoms with Crippen molar-refractivity contribution in [3.63, 3.8) is 0 Å². The number of aliphatic hydroxyl groups excluding tert-OH is 1. The smallest absolute Gasteiger partial charge is 0.305 e. The predicted molar refractivity (Wildman–Crippen MR) is 145 cm³/mol. The molecule has 0 aromatic carbocycles. The van der Waals surface area contributed by atoms with Gasteiger partial charge in [0.25, 0.3) is 0 Å². The lowest BCUT2D eigenvalue weighted by atomic mass is 10.0. The van der Waals surface area contributed by atoms with Crippen LogP contribution in [0.1, 0.15) is 156 Å². The van der Waals surface area contributed by atoms with Gasteiger partial charge in [-0.1, -0.05) is 130 Å². The molecular formula is C30H58O5. The Morgan fingerprint density at radius 2 is 0.914 bits per heavy atom. The average molecular weight is 499 g/mol. The zero-order valence-corrected chi connectivity index (χ0v) is 23.5. The molecule has 0 radical (unpaired) electrons. The Morgan fingerprint density at radius 3 is 1.29 bits per heavy atom. The Hall–Kier alpha value is -1.10. The second kappa shape index (κ2) is 26.0. The van der Waals surface area contributed by atoms with Crippen molar-refractivity contribution in [3.8, 4) is 0 Å². The highest BCUT2D eigenvalue weighted by atomic mass is 16.6. The molecule has 0 spiro atoms. The van der Waals surface area contributed by atoms with Crippen LogP contribution in [0.2, 0.25) is 0 Å². The second-order valence-corrected chi connectivity index (χ2v) is 10.7. The quantitative estimate of drug-likeness (QED) is 0.0959. The van der Waals surface area contributed by atoms with E-state index in [1.54, 1.807) is 0 Å². The third-order valence-electron chi connectivity index (χ3n) is 6.52. The van der Waals surface area contributed by atoms with Gasteiger partial charge in [-0.25, -0.2) is 0 Å². The standard InChI is InChI=1S/C30H58O5/c1-4-5-6-7-8-9-10-14-17-20-23-29(32)34-25-28(31)26-35-30(33)24-21-18-15-12-11-13-16-19-22-27(2)3/h27-28,31H,4-26H2,1-3H3/t28-/m1/s1. The largest absolute Gasteiger partial charge is 0.463 e. The normalized spacial score (nSPS) is 12.1. The van der Waals surface area contributed by atoms with E-state index in [4.69, 9.17) is 9.47 Å². The molecule has 0 heterocycles. The molecule has 35 heavy (non-hydrogen) atoms. The molecule has 1 atom stereocenters. The Labute approximate surface area is 217 Å². The Kier molecular flexibility index (Phi) is 25.2. The molecule has 5 heteroatoms. The maximum absolute atomic E-state index is 11.8. The first kappa shape index (κ1) is 33.9. The van der Waals surface area contributed by atoms with E-state index in [1.165, 1.54) is 83.5 Å². The molecule has 5 nitrogen and oxygen atoms in total. The van der Waals surface area contributed by atoms with Crippen LogP contribution in [0.3, 0.4) is 0 Å². The fourth-order valence-corrected chi connectivity index (χ4v) is 4.21. The zero-order chi connectivity index (χ0) is 26.0. The molecule has 0 amide bonds. The van der Waals surface area contributed by atoms with Gasteiger partial charge in [0.2, 0.25) is 0 Å². The van der Waals surface area contributed by atoms with Gasteiger partial charge in [0.05, 0.1) is 0 Å². The molecule has 0 aromatic rings. The minimum atomic E-state index is -0.952.